The molecule has 0 spiro atoms. The summed E-state index contributed by atoms with van der Waals surface area (Å²) < 4.78 is 0. The number of amides is 1. The molecule has 2 aromatic heterocycles. The molecule has 2 fully saturated rings. The third kappa shape index (κ3) is 3.48. The number of thiophene rings is 1. The van der Waals surface area contributed by atoms with Crippen molar-refractivity contribution in [2.75, 3.05) is 19.6 Å². The standard InChI is InChI=1S/C20H25N3OS/c1-15-7-12-25-19(15)20(24)23-11-4-5-18(23)16-6-8-21-17(13-16)14-22-9-2-3-10-22/h6-8,12-13,18H,2-5,9-11,14H2,1H3. The Bertz CT molecular complexity index is 751. The number of pyridine rings is 1. The highest BCUT2D eigenvalue weighted by Crippen LogP contribution is 2.34. The first kappa shape index (κ1) is 16.7. The highest BCUT2D eigenvalue weighted by molar-refractivity contribution is 7.12. The zero-order valence-corrected chi connectivity index (χ0v) is 15.6. The predicted molar refractivity (Wildman–Crippen MR) is 101 cm³/mol. The minimum Gasteiger partial charge on any atom is -0.331 e. The maximum Gasteiger partial charge on any atom is 0.264 e. The summed E-state index contributed by atoms with van der Waals surface area (Å²) >= 11 is 1.56. The van der Waals surface area contributed by atoms with E-state index in [2.05, 4.69) is 26.9 Å². The van der Waals surface area contributed by atoms with Gasteiger partial charge in [0.05, 0.1) is 16.6 Å². The van der Waals surface area contributed by atoms with Crippen molar-refractivity contribution in [3.63, 3.8) is 0 Å². The van der Waals surface area contributed by atoms with Gasteiger partial charge in [-0.15, -0.1) is 11.3 Å². The molecule has 4 nitrogen and oxygen atoms in total. The van der Waals surface area contributed by atoms with Crippen LogP contribution in [0.15, 0.2) is 29.8 Å². The predicted octanol–water partition coefficient (Wildman–Crippen LogP) is 4.02. The van der Waals surface area contributed by atoms with Crippen molar-refractivity contribution in [2.45, 2.75) is 45.2 Å². The molecular formula is C20H25N3OS. The van der Waals surface area contributed by atoms with Gasteiger partial charge in [0.1, 0.15) is 0 Å². The average Bonchev–Trinajstić information content (AvgIpc) is 3.36. The third-order valence-corrected chi connectivity index (χ3v) is 6.38. The second-order valence-electron chi connectivity index (χ2n) is 7.15. The molecule has 4 rings (SSSR count). The molecule has 0 aliphatic carbocycles. The van der Waals surface area contributed by atoms with Crippen molar-refractivity contribution < 1.29 is 4.79 Å². The van der Waals surface area contributed by atoms with Crippen LogP contribution in [0.5, 0.6) is 0 Å². The van der Waals surface area contributed by atoms with E-state index < -0.39 is 0 Å². The lowest BCUT2D eigenvalue weighted by Gasteiger charge is -2.25. The number of aryl methyl sites for hydroxylation is 1. The van der Waals surface area contributed by atoms with E-state index in [9.17, 15) is 4.79 Å². The number of hydrogen-bond acceptors (Lipinski definition) is 4. The SMILES string of the molecule is Cc1ccsc1C(=O)N1CCCC1c1ccnc(CN2CCCC2)c1. The van der Waals surface area contributed by atoms with Crippen LogP contribution in [0.3, 0.4) is 0 Å². The van der Waals surface area contributed by atoms with Gasteiger partial charge in [-0.05, 0) is 80.4 Å². The van der Waals surface area contributed by atoms with E-state index in [1.165, 1.54) is 31.5 Å². The molecule has 25 heavy (non-hydrogen) atoms. The second kappa shape index (κ2) is 7.26. The number of carbonyl (C=O) groups excluding carboxylic acids is 1. The van der Waals surface area contributed by atoms with E-state index in [0.717, 1.165) is 42.1 Å². The molecule has 0 bridgehead atoms. The quantitative estimate of drug-likeness (QED) is 0.831. The zero-order chi connectivity index (χ0) is 17.2. The van der Waals surface area contributed by atoms with Crippen LogP contribution in [0.25, 0.3) is 0 Å². The fourth-order valence-corrected chi connectivity index (χ4v) is 4.92. The fraction of sp³-hybridized carbons (Fsp3) is 0.500. The van der Waals surface area contributed by atoms with Crippen LogP contribution < -0.4 is 0 Å². The van der Waals surface area contributed by atoms with Crippen LogP contribution in [-0.2, 0) is 6.54 Å². The Kier molecular flexibility index (Phi) is 4.86. The highest BCUT2D eigenvalue weighted by Gasteiger charge is 2.32. The van der Waals surface area contributed by atoms with Gasteiger partial charge in [0.25, 0.3) is 5.91 Å². The Morgan fingerprint density at radius 2 is 2.08 bits per heavy atom. The zero-order valence-electron chi connectivity index (χ0n) is 14.8. The van der Waals surface area contributed by atoms with Crippen molar-refractivity contribution in [3.8, 4) is 0 Å². The van der Waals surface area contributed by atoms with Crippen LogP contribution in [-0.4, -0.2) is 40.3 Å². The number of nitrogens with zero attached hydrogens (tertiary/aromatic N) is 3. The molecule has 1 amide bonds. The number of likely N-dealkylation sites (tertiary alicyclic amines) is 2. The molecule has 0 radical (unpaired) electrons. The Balaban J connectivity index is 1.53. The molecule has 1 unspecified atom stereocenters. The van der Waals surface area contributed by atoms with E-state index in [4.69, 9.17) is 0 Å². The molecule has 5 heteroatoms. The summed E-state index contributed by atoms with van der Waals surface area (Å²) in [6.45, 7) is 6.16. The molecule has 2 aliphatic heterocycles. The van der Waals surface area contributed by atoms with Gasteiger partial charge in [0.15, 0.2) is 0 Å². The van der Waals surface area contributed by atoms with Gasteiger partial charge in [0, 0.05) is 19.3 Å². The highest BCUT2D eigenvalue weighted by atomic mass is 32.1. The van der Waals surface area contributed by atoms with Crippen LogP contribution in [0.2, 0.25) is 0 Å². The lowest BCUT2D eigenvalue weighted by molar-refractivity contribution is 0.0740. The number of rotatable bonds is 4. The van der Waals surface area contributed by atoms with Crippen molar-refractivity contribution in [1.82, 2.24) is 14.8 Å². The number of hydrogen-bond donors (Lipinski definition) is 0. The average molecular weight is 356 g/mol. The Labute approximate surface area is 153 Å². The summed E-state index contributed by atoms with van der Waals surface area (Å²) in [7, 11) is 0. The first-order chi connectivity index (χ1) is 12.2. The molecule has 4 heterocycles. The first-order valence-corrected chi connectivity index (χ1v) is 10.1. The largest absolute Gasteiger partial charge is 0.331 e. The van der Waals surface area contributed by atoms with Crippen LogP contribution >= 0.6 is 11.3 Å². The fourth-order valence-electron chi connectivity index (χ4n) is 4.04. The van der Waals surface area contributed by atoms with E-state index in [0.29, 0.717) is 0 Å². The van der Waals surface area contributed by atoms with Crippen molar-refractivity contribution in [2.24, 2.45) is 0 Å². The van der Waals surface area contributed by atoms with Gasteiger partial charge < -0.3 is 4.90 Å². The number of aromatic nitrogens is 1. The molecule has 0 N–H and O–H groups in total. The Morgan fingerprint density at radius 3 is 2.84 bits per heavy atom. The maximum absolute atomic E-state index is 13.0. The van der Waals surface area contributed by atoms with Gasteiger partial charge in [-0.2, -0.15) is 0 Å². The van der Waals surface area contributed by atoms with E-state index >= 15 is 0 Å². The van der Waals surface area contributed by atoms with Gasteiger partial charge in [-0.3, -0.25) is 14.7 Å². The monoisotopic (exact) mass is 355 g/mol. The summed E-state index contributed by atoms with van der Waals surface area (Å²) in [5.41, 5.74) is 3.46. The molecule has 0 aromatic carbocycles. The van der Waals surface area contributed by atoms with Gasteiger partial charge in [-0.25, -0.2) is 0 Å². The molecule has 1 atom stereocenters. The Hall–Kier alpha value is -1.72. The first-order valence-electron chi connectivity index (χ1n) is 9.24. The van der Waals surface area contributed by atoms with E-state index in [-0.39, 0.29) is 11.9 Å². The smallest absolute Gasteiger partial charge is 0.264 e. The molecule has 2 saturated heterocycles. The minimum atomic E-state index is 0.188. The second-order valence-corrected chi connectivity index (χ2v) is 8.07. The third-order valence-electron chi connectivity index (χ3n) is 5.38. The minimum absolute atomic E-state index is 0.188. The molecular weight excluding hydrogens is 330 g/mol. The van der Waals surface area contributed by atoms with Crippen molar-refractivity contribution in [3.05, 3.63) is 51.5 Å². The van der Waals surface area contributed by atoms with Crippen molar-refractivity contribution in [1.29, 1.82) is 0 Å². The normalized spacial score (nSPS) is 21.2. The van der Waals surface area contributed by atoms with Crippen molar-refractivity contribution >= 4 is 17.2 Å². The lowest BCUT2D eigenvalue weighted by Crippen LogP contribution is -2.30. The van der Waals surface area contributed by atoms with Gasteiger partial charge >= 0.3 is 0 Å². The molecule has 2 aliphatic rings. The van der Waals surface area contributed by atoms with E-state index in [1.807, 2.05) is 24.6 Å². The topological polar surface area (TPSA) is 36.4 Å². The van der Waals surface area contributed by atoms with Crippen LogP contribution in [0.4, 0.5) is 0 Å². The molecule has 2 aromatic rings. The van der Waals surface area contributed by atoms with Crippen LogP contribution in [0.1, 0.15) is 58.2 Å². The summed E-state index contributed by atoms with van der Waals surface area (Å²) in [4.78, 5) is 23.0. The summed E-state index contributed by atoms with van der Waals surface area (Å²) in [5.74, 6) is 0.188. The Morgan fingerprint density at radius 1 is 1.24 bits per heavy atom. The summed E-state index contributed by atoms with van der Waals surface area (Å²) in [5, 5.41) is 2.01. The molecule has 0 saturated carbocycles. The maximum atomic E-state index is 13.0. The lowest BCUT2D eigenvalue weighted by atomic mass is 10.0. The summed E-state index contributed by atoms with van der Waals surface area (Å²) in [6.07, 6.45) is 6.63. The van der Waals surface area contributed by atoms with Crippen LogP contribution in [0, 0.1) is 6.92 Å². The number of carbonyl (C=O) groups is 1. The molecule has 132 valence electrons. The summed E-state index contributed by atoms with van der Waals surface area (Å²) in [6, 6.07) is 6.53. The van der Waals surface area contributed by atoms with Gasteiger partial charge in [0.2, 0.25) is 0 Å². The van der Waals surface area contributed by atoms with E-state index in [1.54, 1.807) is 11.3 Å². The van der Waals surface area contributed by atoms with Gasteiger partial charge in [-0.1, -0.05) is 0 Å².